The first kappa shape index (κ1) is 32.6. The van der Waals surface area contributed by atoms with Crippen LogP contribution in [0.15, 0.2) is 48.7 Å². The van der Waals surface area contributed by atoms with Crippen molar-refractivity contribution in [3.8, 4) is 0 Å². The number of nitrogens with one attached hydrogen (secondary N) is 1. The van der Waals surface area contributed by atoms with Crippen molar-refractivity contribution in [2.45, 2.75) is 63.0 Å². The van der Waals surface area contributed by atoms with Gasteiger partial charge in [-0.25, -0.2) is 0 Å². The lowest BCUT2D eigenvalue weighted by Gasteiger charge is -2.39. The Hall–Kier alpha value is -3.82. The molecule has 45 heavy (non-hydrogen) atoms. The molecule has 2 aromatic carbocycles. The molecule has 3 aromatic rings. The second-order valence-electron chi connectivity index (χ2n) is 11.3. The van der Waals surface area contributed by atoms with E-state index in [1.54, 1.807) is 6.20 Å². The van der Waals surface area contributed by atoms with E-state index in [0.717, 1.165) is 36.1 Å². The number of nitrogens with zero attached hydrogens (tertiary/aromatic N) is 4. The monoisotopic (exact) mass is 639 g/mol. The quantitative estimate of drug-likeness (QED) is 0.127. The molecule has 15 heteroatoms. The number of nitro benzene ring substituents is 1. The molecule has 0 radical (unpaired) electrons. The highest BCUT2D eigenvalue weighted by Gasteiger charge is 2.39. The summed E-state index contributed by atoms with van der Waals surface area (Å²) in [6.07, 6.45) is -5.57. The summed E-state index contributed by atoms with van der Waals surface area (Å²) in [7, 11) is 0. The van der Waals surface area contributed by atoms with Crippen LogP contribution in [0, 0.1) is 10.1 Å². The number of fused-ring (bicyclic) bond motifs is 1. The van der Waals surface area contributed by atoms with Gasteiger partial charge < -0.3 is 10.1 Å². The van der Waals surface area contributed by atoms with Gasteiger partial charge in [0.05, 0.1) is 22.1 Å². The Morgan fingerprint density at radius 1 is 0.978 bits per heavy atom. The van der Waals surface area contributed by atoms with Gasteiger partial charge in [-0.1, -0.05) is 6.07 Å². The van der Waals surface area contributed by atoms with Gasteiger partial charge in [0.2, 0.25) is 0 Å². The Morgan fingerprint density at radius 2 is 1.69 bits per heavy atom. The Labute approximate surface area is 254 Å². The summed E-state index contributed by atoms with van der Waals surface area (Å²) >= 11 is 0. The summed E-state index contributed by atoms with van der Waals surface area (Å²) in [6, 6.07) is 8.04. The largest absolute Gasteiger partial charge is 0.423 e. The number of benzene rings is 2. The van der Waals surface area contributed by atoms with Crippen molar-refractivity contribution in [2.24, 2.45) is 0 Å². The molecule has 1 atom stereocenters. The van der Waals surface area contributed by atoms with E-state index in [4.69, 9.17) is 4.74 Å². The van der Waals surface area contributed by atoms with Gasteiger partial charge >= 0.3 is 12.4 Å². The normalized spacial score (nSPS) is 21.0. The van der Waals surface area contributed by atoms with Crippen LogP contribution in [-0.2, 0) is 28.4 Å². The fourth-order valence-electron chi connectivity index (χ4n) is 5.86. The number of pyridine rings is 1. The van der Waals surface area contributed by atoms with Crippen molar-refractivity contribution in [1.29, 1.82) is 0 Å². The van der Waals surface area contributed by atoms with Crippen LogP contribution in [0.3, 0.4) is 0 Å². The van der Waals surface area contributed by atoms with Crippen LogP contribution < -0.4 is 5.32 Å². The minimum absolute atomic E-state index is 0.149. The topological polar surface area (TPSA) is 101 Å². The number of hydrogen-bond donors (Lipinski definition) is 1. The fraction of sp³-hybridized carbons (Fsp3) is 0.467. The van der Waals surface area contributed by atoms with Gasteiger partial charge in [0, 0.05) is 62.1 Å². The summed E-state index contributed by atoms with van der Waals surface area (Å²) in [5.41, 5.74) is -1.75. The standard InChI is InChI=1S/C30H31F6N5O4/c31-29(32,33)21-2-1-20-13-19(16-37-26(20)14-21)17-39-9-11-40(12-10-39)28(18-42)45-24-6-3-22(4-7-24)38-23-5-8-27(41(43)44)25(15-23)30(34,35)36/h1-2,5,8,13-16,18,22,24,28,38H,3-4,6-7,9-12,17H2. The number of nitro groups is 1. The van der Waals surface area contributed by atoms with Gasteiger partial charge in [0.1, 0.15) is 5.56 Å². The van der Waals surface area contributed by atoms with E-state index >= 15 is 0 Å². The van der Waals surface area contributed by atoms with E-state index in [0.29, 0.717) is 63.8 Å². The Balaban J connectivity index is 1.09. The van der Waals surface area contributed by atoms with E-state index in [-0.39, 0.29) is 23.3 Å². The van der Waals surface area contributed by atoms with Gasteiger partial charge in [0.25, 0.3) is 5.69 Å². The first-order chi connectivity index (χ1) is 21.3. The molecule has 1 aliphatic carbocycles. The van der Waals surface area contributed by atoms with Crippen molar-refractivity contribution in [1.82, 2.24) is 14.8 Å². The lowest BCUT2D eigenvalue weighted by molar-refractivity contribution is -0.388. The molecular weight excluding hydrogens is 608 g/mol. The maximum Gasteiger partial charge on any atom is 0.423 e. The molecule has 1 saturated carbocycles. The van der Waals surface area contributed by atoms with E-state index in [1.807, 2.05) is 11.0 Å². The van der Waals surface area contributed by atoms with Crippen molar-refractivity contribution in [2.75, 3.05) is 31.5 Å². The van der Waals surface area contributed by atoms with Crippen molar-refractivity contribution in [3.05, 3.63) is 75.5 Å². The second kappa shape index (κ2) is 13.3. The summed E-state index contributed by atoms with van der Waals surface area (Å²) < 4.78 is 85.1. The smallest absolute Gasteiger partial charge is 0.382 e. The van der Waals surface area contributed by atoms with Crippen LogP contribution >= 0.6 is 0 Å². The summed E-state index contributed by atoms with van der Waals surface area (Å²) in [6.45, 7) is 2.98. The van der Waals surface area contributed by atoms with Crippen LogP contribution in [0.5, 0.6) is 0 Å². The van der Waals surface area contributed by atoms with Gasteiger partial charge in [0.15, 0.2) is 12.5 Å². The third-order valence-corrected chi connectivity index (χ3v) is 8.23. The number of ether oxygens (including phenoxy) is 1. The van der Waals surface area contributed by atoms with E-state index in [2.05, 4.69) is 15.2 Å². The Bertz CT molecular complexity index is 1520. The molecule has 0 amide bonds. The number of carbonyl (C=O) groups excluding carboxylic acids is 1. The van der Waals surface area contributed by atoms with Gasteiger partial charge in [-0.15, -0.1) is 0 Å². The predicted octanol–water partition coefficient (Wildman–Crippen LogP) is 6.26. The third-order valence-electron chi connectivity index (χ3n) is 8.23. The molecule has 242 valence electrons. The summed E-state index contributed by atoms with van der Waals surface area (Å²) in [5.74, 6) is 0. The molecule has 0 bridgehead atoms. The number of anilines is 1. The van der Waals surface area contributed by atoms with Crippen LogP contribution in [0.1, 0.15) is 42.4 Å². The lowest BCUT2D eigenvalue weighted by atomic mass is 9.92. The number of aromatic nitrogens is 1. The summed E-state index contributed by atoms with van der Waals surface area (Å²) in [4.78, 5) is 30.2. The molecule has 0 spiro atoms. The van der Waals surface area contributed by atoms with Crippen LogP contribution in [0.2, 0.25) is 0 Å². The molecule has 1 N–H and O–H groups in total. The third kappa shape index (κ3) is 8.07. The molecule has 1 saturated heterocycles. The second-order valence-corrected chi connectivity index (χ2v) is 11.3. The highest BCUT2D eigenvalue weighted by Crippen LogP contribution is 2.38. The number of rotatable bonds is 9. The number of hydrogen-bond acceptors (Lipinski definition) is 8. The minimum atomic E-state index is -4.86. The highest BCUT2D eigenvalue weighted by molar-refractivity contribution is 5.79. The van der Waals surface area contributed by atoms with E-state index < -0.39 is 40.3 Å². The van der Waals surface area contributed by atoms with Crippen molar-refractivity contribution >= 4 is 28.6 Å². The number of alkyl halides is 6. The predicted molar refractivity (Wildman–Crippen MR) is 152 cm³/mol. The Kier molecular flexibility index (Phi) is 9.60. The molecular formula is C30H31F6N5O4. The fourth-order valence-corrected chi connectivity index (χ4v) is 5.86. The molecule has 2 heterocycles. The number of carbonyl (C=O) groups is 1. The minimum Gasteiger partial charge on any atom is -0.382 e. The van der Waals surface area contributed by atoms with Crippen LogP contribution in [0.25, 0.3) is 10.9 Å². The zero-order valence-corrected chi connectivity index (χ0v) is 24.0. The van der Waals surface area contributed by atoms with E-state index in [1.165, 1.54) is 12.1 Å². The molecule has 2 fully saturated rings. The number of aldehydes is 1. The van der Waals surface area contributed by atoms with Crippen LogP contribution in [0.4, 0.5) is 37.7 Å². The highest BCUT2D eigenvalue weighted by atomic mass is 19.4. The SMILES string of the molecule is O=CC(OC1CCC(Nc2ccc([N+](=O)[O-])c(C(F)(F)F)c2)CC1)N1CCN(Cc2cnc3cc(C(F)(F)F)ccc3c2)CC1. The van der Waals surface area contributed by atoms with Gasteiger partial charge in [-0.2, -0.15) is 26.3 Å². The average Bonchev–Trinajstić information content (AvgIpc) is 3.00. The first-order valence-corrected chi connectivity index (χ1v) is 14.5. The molecule has 5 rings (SSSR count). The van der Waals surface area contributed by atoms with Crippen LogP contribution in [-0.4, -0.2) is 70.5 Å². The number of halogens is 6. The zero-order chi connectivity index (χ0) is 32.4. The zero-order valence-electron chi connectivity index (χ0n) is 24.0. The first-order valence-electron chi connectivity index (χ1n) is 14.5. The van der Waals surface area contributed by atoms with Crippen molar-refractivity contribution < 1.29 is 40.8 Å². The molecule has 1 aliphatic heterocycles. The maximum absolute atomic E-state index is 13.3. The number of piperazine rings is 1. The molecule has 9 nitrogen and oxygen atoms in total. The molecule has 2 aliphatic rings. The molecule has 1 aromatic heterocycles. The van der Waals surface area contributed by atoms with Gasteiger partial charge in [-0.05, 0) is 61.6 Å². The van der Waals surface area contributed by atoms with E-state index in [9.17, 15) is 41.3 Å². The average molecular weight is 640 g/mol. The summed E-state index contributed by atoms with van der Waals surface area (Å²) in [5, 5.41) is 14.7. The lowest BCUT2D eigenvalue weighted by Crippen LogP contribution is -2.52. The van der Waals surface area contributed by atoms with Crippen molar-refractivity contribution in [3.63, 3.8) is 0 Å². The van der Waals surface area contributed by atoms with Gasteiger partial charge in [-0.3, -0.25) is 29.7 Å². The molecule has 1 unspecified atom stereocenters. The Morgan fingerprint density at radius 3 is 2.31 bits per heavy atom. The maximum atomic E-state index is 13.3.